The highest BCUT2D eigenvalue weighted by Crippen LogP contribution is 2.47. The predicted molar refractivity (Wildman–Crippen MR) is 72.8 cm³/mol. The van der Waals surface area contributed by atoms with Gasteiger partial charge < -0.3 is 15.2 Å². The van der Waals surface area contributed by atoms with Crippen LogP contribution < -0.4 is 10.1 Å². The highest BCUT2D eigenvalue weighted by molar-refractivity contribution is 5.20. The van der Waals surface area contributed by atoms with Crippen LogP contribution in [0.2, 0.25) is 0 Å². The van der Waals surface area contributed by atoms with E-state index < -0.39 is 6.10 Å². The van der Waals surface area contributed by atoms with Gasteiger partial charge in [0.25, 0.3) is 0 Å². The molecule has 2 rings (SSSR count). The average molecular weight is 249 g/mol. The Morgan fingerprint density at radius 1 is 1.33 bits per heavy atom. The number of para-hydroxylation sites is 1. The van der Waals surface area contributed by atoms with Crippen LogP contribution in [-0.2, 0) is 0 Å². The Bertz CT molecular complexity index is 349. The quantitative estimate of drug-likeness (QED) is 0.742. The van der Waals surface area contributed by atoms with Crippen LogP contribution in [-0.4, -0.2) is 30.9 Å². The summed E-state index contributed by atoms with van der Waals surface area (Å²) in [7, 11) is 0. The van der Waals surface area contributed by atoms with Gasteiger partial charge >= 0.3 is 0 Å². The molecule has 100 valence electrons. The third-order valence-electron chi connectivity index (χ3n) is 3.77. The Morgan fingerprint density at radius 3 is 2.67 bits per heavy atom. The molecule has 1 saturated carbocycles. The van der Waals surface area contributed by atoms with Crippen molar-refractivity contribution < 1.29 is 9.84 Å². The molecule has 0 heterocycles. The number of ether oxygens (including phenoxy) is 1. The normalized spacial score (nSPS) is 18.3. The monoisotopic (exact) mass is 249 g/mol. The van der Waals surface area contributed by atoms with Crippen molar-refractivity contribution in [2.24, 2.45) is 5.41 Å². The van der Waals surface area contributed by atoms with Crippen LogP contribution in [0.4, 0.5) is 0 Å². The van der Waals surface area contributed by atoms with Gasteiger partial charge in [-0.15, -0.1) is 0 Å². The highest BCUT2D eigenvalue weighted by Gasteiger charge is 2.39. The largest absolute Gasteiger partial charge is 0.491 e. The van der Waals surface area contributed by atoms with Crippen molar-refractivity contribution in [3.63, 3.8) is 0 Å². The lowest BCUT2D eigenvalue weighted by Crippen LogP contribution is -2.34. The molecule has 1 aromatic carbocycles. The Kier molecular flexibility index (Phi) is 4.61. The van der Waals surface area contributed by atoms with Crippen LogP contribution in [0.25, 0.3) is 0 Å². The minimum atomic E-state index is -0.446. The molecular weight excluding hydrogens is 226 g/mol. The van der Waals surface area contributed by atoms with Crippen LogP contribution in [0, 0.1) is 5.41 Å². The van der Waals surface area contributed by atoms with Crippen LogP contribution in [0.3, 0.4) is 0 Å². The first-order valence-corrected chi connectivity index (χ1v) is 6.81. The molecule has 1 fully saturated rings. The van der Waals surface area contributed by atoms with Gasteiger partial charge in [-0.25, -0.2) is 0 Å². The Morgan fingerprint density at radius 2 is 2.06 bits per heavy atom. The summed E-state index contributed by atoms with van der Waals surface area (Å²) in [6.45, 7) is 4.21. The average Bonchev–Trinajstić information content (AvgIpc) is 3.18. The molecule has 1 aromatic rings. The molecule has 0 aromatic heterocycles. The van der Waals surface area contributed by atoms with Gasteiger partial charge in [0.1, 0.15) is 18.5 Å². The lowest BCUT2D eigenvalue weighted by molar-refractivity contribution is 0.105. The van der Waals surface area contributed by atoms with Crippen molar-refractivity contribution in [3.05, 3.63) is 30.3 Å². The second-order valence-electron chi connectivity index (χ2n) is 5.26. The number of benzene rings is 1. The standard InChI is InChI=1S/C15H23NO2/c1-2-15(8-9-15)12-16-10-13(17)11-18-14-6-4-3-5-7-14/h3-7,13,16-17H,2,8-12H2,1H3. The molecule has 3 nitrogen and oxygen atoms in total. The number of rotatable bonds is 8. The van der Waals surface area contributed by atoms with E-state index >= 15 is 0 Å². The zero-order chi connectivity index (χ0) is 12.8. The van der Waals surface area contributed by atoms with E-state index in [4.69, 9.17) is 4.74 Å². The molecule has 3 heteroatoms. The zero-order valence-corrected chi connectivity index (χ0v) is 11.1. The van der Waals surface area contributed by atoms with Crippen LogP contribution in [0.1, 0.15) is 26.2 Å². The molecular formula is C15H23NO2. The number of hydrogen-bond acceptors (Lipinski definition) is 3. The number of hydrogen-bond donors (Lipinski definition) is 2. The van der Waals surface area contributed by atoms with Gasteiger partial charge in [0.2, 0.25) is 0 Å². The maximum atomic E-state index is 9.81. The Labute approximate surface area is 109 Å². The fourth-order valence-corrected chi connectivity index (χ4v) is 2.10. The van der Waals surface area contributed by atoms with Gasteiger partial charge in [-0.3, -0.25) is 0 Å². The summed E-state index contributed by atoms with van der Waals surface area (Å²) in [4.78, 5) is 0. The summed E-state index contributed by atoms with van der Waals surface area (Å²) < 4.78 is 5.50. The van der Waals surface area contributed by atoms with E-state index in [2.05, 4.69) is 12.2 Å². The maximum Gasteiger partial charge on any atom is 0.119 e. The fourth-order valence-electron chi connectivity index (χ4n) is 2.10. The minimum absolute atomic E-state index is 0.343. The van der Waals surface area contributed by atoms with Gasteiger partial charge in [-0.2, -0.15) is 0 Å². The van der Waals surface area contributed by atoms with Crippen molar-refractivity contribution >= 4 is 0 Å². The fraction of sp³-hybridized carbons (Fsp3) is 0.600. The van der Waals surface area contributed by atoms with Gasteiger partial charge in [-0.05, 0) is 36.8 Å². The molecule has 0 spiro atoms. The number of aliphatic hydroxyl groups is 1. The van der Waals surface area contributed by atoms with E-state index in [0.717, 1.165) is 12.3 Å². The van der Waals surface area contributed by atoms with Gasteiger partial charge in [0, 0.05) is 13.1 Å². The summed E-state index contributed by atoms with van der Waals surface area (Å²) in [5.41, 5.74) is 0.528. The molecule has 1 atom stereocenters. The van der Waals surface area contributed by atoms with Gasteiger partial charge in [0.05, 0.1) is 0 Å². The molecule has 18 heavy (non-hydrogen) atoms. The van der Waals surface area contributed by atoms with Crippen molar-refractivity contribution in [2.45, 2.75) is 32.3 Å². The first-order chi connectivity index (χ1) is 8.74. The van der Waals surface area contributed by atoms with E-state index in [1.807, 2.05) is 30.3 Å². The third-order valence-corrected chi connectivity index (χ3v) is 3.77. The molecule has 0 aliphatic heterocycles. The number of nitrogens with one attached hydrogen (secondary N) is 1. The predicted octanol–water partition coefficient (Wildman–Crippen LogP) is 2.21. The molecule has 1 aliphatic carbocycles. The van der Waals surface area contributed by atoms with E-state index in [1.54, 1.807) is 0 Å². The van der Waals surface area contributed by atoms with Crippen molar-refractivity contribution in [1.29, 1.82) is 0 Å². The lowest BCUT2D eigenvalue weighted by Gasteiger charge is -2.16. The van der Waals surface area contributed by atoms with Gasteiger partial charge in [0.15, 0.2) is 0 Å². The molecule has 0 radical (unpaired) electrons. The smallest absolute Gasteiger partial charge is 0.119 e. The van der Waals surface area contributed by atoms with Crippen LogP contribution in [0.5, 0.6) is 5.75 Å². The maximum absolute atomic E-state index is 9.81. The molecule has 0 bridgehead atoms. The minimum Gasteiger partial charge on any atom is -0.491 e. The van der Waals surface area contributed by atoms with Crippen LogP contribution >= 0.6 is 0 Å². The van der Waals surface area contributed by atoms with E-state index in [-0.39, 0.29) is 0 Å². The molecule has 2 N–H and O–H groups in total. The van der Waals surface area contributed by atoms with E-state index in [0.29, 0.717) is 18.6 Å². The van der Waals surface area contributed by atoms with Crippen molar-refractivity contribution in [1.82, 2.24) is 5.32 Å². The summed E-state index contributed by atoms with van der Waals surface area (Å²) in [6, 6.07) is 9.60. The molecule has 0 amide bonds. The molecule has 0 saturated heterocycles. The van der Waals surface area contributed by atoms with Gasteiger partial charge in [-0.1, -0.05) is 25.1 Å². The Hall–Kier alpha value is -1.06. The second kappa shape index (κ2) is 6.21. The molecule has 1 aliphatic rings. The topological polar surface area (TPSA) is 41.5 Å². The number of aliphatic hydroxyl groups excluding tert-OH is 1. The zero-order valence-electron chi connectivity index (χ0n) is 11.1. The molecule has 1 unspecified atom stereocenters. The van der Waals surface area contributed by atoms with E-state index in [1.165, 1.54) is 19.3 Å². The lowest BCUT2D eigenvalue weighted by atomic mass is 10.0. The summed E-state index contributed by atoms with van der Waals surface area (Å²) in [5.74, 6) is 0.809. The highest BCUT2D eigenvalue weighted by atomic mass is 16.5. The third kappa shape index (κ3) is 4.00. The van der Waals surface area contributed by atoms with Crippen molar-refractivity contribution in [2.75, 3.05) is 19.7 Å². The summed E-state index contributed by atoms with van der Waals surface area (Å²) >= 11 is 0. The first-order valence-electron chi connectivity index (χ1n) is 6.81. The van der Waals surface area contributed by atoms with Crippen molar-refractivity contribution in [3.8, 4) is 5.75 Å². The summed E-state index contributed by atoms with van der Waals surface area (Å²) in [5, 5.41) is 13.2. The second-order valence-corrected chi connectivity index (χ2v) is 5.26. The first kappa shape index (κ1) is 13.4. The Balaban J connectivity index is 1.59. The summed E-state index contributed by atoms with van der Waals surface area (Å²) in [6.07, 6.45) is 3.44. The SMILES string of the molecule is CCC1(CNCC(O)COc2ccccc2)CC1. The van der Waals surface area contributed by atoms with Crippen LogP contribution in [0.15, 0.2) is 30.3 Å². The van der Waals surface area contributed by atoms with E-state index in [9.17, 15) is 5.11 Å².